The summed E-state index contributed by atoms with van der Waals surface area (Å²) in [7, 11) is -3.50. The maximum atomic E-state index is 12.3. The van der Waals surface area contributed by atoms with Crippen LogP contribution in [0.2, 0.25) is 0 Å². The maximum absolute atomic E-state index is 12.3. The molecule has 0 radical (unpaired) electrons. The van der Waals surface area contributed by atoms with Crippen molar-refractivity contribution >= 4 is 38.4 Å². The molecule has 0 spiro atoms. The number of hydrogen-bond donors (Lipinski definition) is 1. The monoisotopic (exact) mass is 384 g/mol. The van der Waals surface area contributed by atoms with Gasteiger partial charge >= 0.3 is 0 Å². The van der Waals surface area contributed by atoms with Crippen LogP contribution >= 0.6 is 22.7 Å². The molecule has 3 rings (SSSR count). The number of aromatic nitrogens is 1. The van der Waals surface area contributed by atoms with Crippen LogP contribution in [-0.2, 0) is 20.4 Å². The molecule has 2 aromatic heterocycles. The summed E-state index contributed by atoms with van der Waals surface area (Å²) in [6.45, 7) is 0. The van der Waals surface area contributed by atoms with E-state index in [4.69, 9.17) is 0 Å². The highest BCUT2D eigenvalue weighted by Crippen LogP contribution is 2.28. The van der Waals surface area contributed by atoms with Crippen LogP contribution in [0.3, 0.4) is 0 Å². The van der Waals surface area contributed by atoms with Gasteiger partial charge in [0.2, 0.25) is 5.91 Å². The fourth-order valence-electron chi connectivity index (χ4n) is 2.88. The van der Waals surface area contributed by atoms with Gasteiger partial charge in [-0.05, 0) is 24.3 Å². The van der Waals surface area contributed by atoms with Gasteiger partial charge in [-0.25, -0.2) is 13.4 Å². The first kappa shape index (κ1) is 17.6. The minimum Gasteiger partial charge on any atom is -0.352 e. The molecule has 1 saturated carbocycles. The molecule has 1 aliphatic carbocycles. The molecule has 1 amide bonds. The Labute approximate surface area is 150 Å². The molecule has 8 heteroatoms. The van der Waals surface area contributed by atoms with Crippen molar-refractivity contribution in [3.05, 3.63) is 28.6 Å². The molecule has 24 heavy (non-hydrogen) atoms. The van der Waals surface area contributed by atoms with Gasteiger partial charge in [-0.1, -0.05) is 25.3 Å². The Balaban J connectivity index is 1.56. The van der Waals surface area contributed by atoms with Crippen molar-refractivity contribution in [2.24, 2.45) is 0 Å². The van der Waals surface area contributed by atoms with Crippen molar-refractivity contribution < 1.29 is 13.2 Å². The highest BCUT2D eigenvalue weighted by Gasteiger charge is 2.22. The third-order valence-corrected chi connectivity index (χ3v) is 7.34. The predicted octanol–water partition coefficient (Wildman–Crippen LogP) is 3.24. The van der Waals surface area contributed by atoms with Crippen molar-refractivity contribution in [3.8, 4) is 9.88 Å². The van der Waals surface area contributed by atoms with E-state index in [-0.39, 0.29) is 11.8 Å². The number of thiazole rings is 1. The highest BCUT2D eigenvalue weighted by atomic mass is 32.2. The molecule has 0 atom stereocenters. The second-order valence-corrected chi connectivity index (χ2v) is 9.93. The quantitative estimate of drug-likeness (QED) is 0.829. The summed E-state index contributed by atoms with van der Waals surface area (Å²) in [5, 5.41) is 7.39. The van der Waals surface area contributed by atoms with Crippen molar-refractivity contribution in [1.82, 2.24) is 10.3 Å². The lowest BCUT2D eigenvalue weighted by molar-refractivity contribution is -0.119. The maximum Gasteiger partial charge on any atom is 0.235 e. The second kappa shape index (κ2) is 7.76. The van der Waals surface area contributed by atoms with Crippen LogP contribution < -0.4 is 5.32 Å². The van der Waals surface area contributed by atoms with Gasteiger partial charge in [-0.2, -0.15) is 0 Å². The fourth-order valence-corrected chi connectivity index (χ4v) is 5.80. The Morgan fingerprint density at radius 3 is 2.75 bits per heavy atom. The van der Waals surface area contributed by atoms with Gasteiger partial charge < -0.3 is 5.32 Å². The summed E-state index contributed by atoms with van der Waals surface area (Å²) < 4.78 is 24.5. The van der Waals surface area contributed by atoms with E-state index in [1.807, 2.05) is 17.5 Å². The van der Waals surface area contributed by atoms with Crippen molar-refractivity contribution in [3.63, 3.8) is 0 Å². The molecule has 0 aromatic carbocycles. The lowest BCUT2D eigenvalue weighted by Crippen LogP contribution is -2.39. The Bertz CT molecular complexity index is 775. The standard InChI is InChI=1S/C16H20N2O3S3/c19-15(17-12-5-2-1-3-6-12)11-24(20,21)10-13-9-23-16(18-13)14-7-4-8-22-14/h4,7-9,12H,1-3,5-6,10-11H2,(H,17,19). The summed E-state index contributed by atoms with van der Waals surface area (Å²) in [4.78, 5) is 17.4. The Morgan fingerprint density at radius 2 is 2.04 bits per heavy atom. The number of amides is 1. The first-order valence-electron chi connectivity index (χ1n) is 8.00. The van der Waals surface area contributed by atoms with Crippen molar-refractivity contribution in [2.75, 3.05) is 5.75 Å². The van der Waals surface area contributed by atoms with Crippen LogP contribution in [0.15, 0.2) is 22.9 Å². The van der Waals surface area contributed by atoms with E-state index in [1.54, 1.807) is 16.7 Å². The zero-order chi connectivity index (χ0) is 17.0. The summed E-state index contributed by atoms with van der Waals surface area (Å²) in [6.07, 6.45) is 5.29. The smallest absolute Gasteiger partial charge is 0.235 e. The molecule has 0 saturated heterocycles. The van der Waals surface area contributed by atoms with Gasteiger partial charge in [0, 0.05) is 11.4 Å². The normalized spacial score (nSPS) is 16.2. The Morgan fingerprint density at radius 1 is 1.25 bits per heavy atom. The molecule has 2 heterocycles. The topological polar surface area (TPSA) is 76.1 Å². The van der Waals surface area contributed by atoms with Gasteiger partial charge in [0.25, 0.3) is 0 Å². The van der Waals surface area contributed by atoms with Gasteiger partial charge in [0.05, 0.1) is 16.3 Å². The lowest BCUT2D eigenvalue weighted by Gasteiger charge is -2.22. The van der Waals surface area contributed by atoms with E-state index in [1.165, 1.54) is 17.8 Å². The molecule has 1 N–H and O–H groups in total. The minimum atomic E-state index is -3.50. The number of rotatable bonds is 6. The predicted molar refractivity (Wildman–Crippen MR) is 97.9 cm³/mol. The zero-order valence-electron chi connectivity index (χ0n) is 13.2. The molecule has 1 aliphatic rings. The van der Waals surface area contributed by atoms with E-state index >= 15 is 0 Å². The van der Waals surface area contributed by atoms with Gasteiger partial charge in [-0.15, -0.1) is 22.7 Å². The van der Waals surface area contributed by atoms with Gasteiger partial charge in [0.1, 0.15) is 10.8 Å². The van der Waals surface area contributed by atoms with E-state index < -0.39 is 21.5 Å². The number of carbonyl (C=O) groups is 1. The van der Waals surface area contributed by atoms with Crippen LogP contribution in [0, 0.1) is 0 Å². The molecule has 1 fully saturated rings. The zero-order valence-corrected chi connectivity index (χ0v) is 15.7. The average molecular weight is 385 g/mol. The van der Waals surface area contributed by atoms with Crippen LogP contribution in [-0.4, -0.2) is 31.1 Å². The number of hydrogen-bond acceptors (Lipinski definition) is 6. The molecule has 0 aliphatic heterocycles. The van der Waals surface area contributed by atoms with Gasteiger partial charge in [0.15, 0.2) is 9.84 Å². The summed E-state index contributed by atoms with van der Waals surface area (Å²) in [6, 6.07) is 4.03. The third kappa shape index (κ3) is 4.87. The molecular weight excluding hydrogens is 364 g/mol. The van der Waals surface area contributed by atoms with E-state index in [0.717, 1.165) is 35.6 Å². The number of sulfone groups is 1. The second-order valence-electron chi connectivity index (χ2n) is 6.06. The number of nitrogens with one attached hydrogen (secondary N) is 1. The van der Waals surface area contributed by atoms with Crippen LogP contribution in [0.25, 0.3) is 9.88 Å². The third-order valence-electron chi connectivity index (χ3n) is 3.97. The van der Waals surface area contributed by atoms with Gasteiger partial charge in [-0.3, -0.25) is 4.79 Å². The summed E-state index contributed by atoms with van der Waals surface area (Å²) in [5.74, 6) is -1.04. The highest BCUT2D eigenvalue weighted by molar-refractivity contribution is 7.91. The number of thiophene rings is 1. The number of carbonyl (C=O) groups excluding carboxylic acids is 1. The fraction of sp³-hybridized carbons (Fsp3) is 0.500. The Hall–Kier alpha value is -1.25. The molecule has 0 bridgehead atoms. The SMILES string of the molecule is O=C(CS(=O)(=O)Cc1csc(-c2cccs2)n1)NC1CCCCC1. The van der Waals surface area contributed by atoms with Crippen LogP contribution in [0.5, 0.6) is 0 Å². The Kier molecular flexibility index (Phi) is 5.68. The summed E-state index contributed by atoms with van der Waals surface area (Å²) in [5.41, 5.74) is 0.508. The largest absolute Gasteiger partial charge is 0.352 e. The average Bonchev–Trinajstić information content (AvgIpc) is 3.17. The molecule has 2 aromatic rings. The lowest BCUT2D eigenvalue weighted by atomic mass is 9.95. The molecule has 130 valence electrons. The van der Waals surface area contributed by atoms with E-state index in [0.29, 0.717) is 5.69 Å². The van der Waals surface area contributed by atoms with E-state index in [2.05, 4.69) is 10.3 Å². The molecular formula is C16H20N2O3S3. The molecule has 5 nitrogen and oxygen atoms in total. The first-order chi connectivity index (χ1) is 11.5. The van der Waals surface area contributed by atoms with E-state index in [9.17, 15) is 13.2 Å². The van der Waals surface area contributed by atoms with Crippen molar-refractivity contribution in [2.45, 2.75) is 43.9 Å². The van der Waals surface area contributed by atoms with Crippen LogP contribution in [0.1, 0.15) is 37.8 Å². The minimum absolute atomic E-state index is 0.131. The summed E-state index contributed by atoms with van der Waals surface area (Å²) >= 11 is 3.00. The molecule has 0 unspecified atom stereocenters. The van der Waals surface area contributed by atoms with Crippen LogP contribution in [0.4, 0.5) is 0 Å². The van der Waals surface area contributed by atoms with Crippen molar-refractivity contribution in [1.29, 1.82) is 0 Å². The first-order valence-corrected chi connectivity index (χ1v) is 11.6. The number of nitrogens with zero attached hydrogens (tertiary/aromatic N) is 1.